The van der Waals surface area contributed by atoms with Gasteiger partial charge >= 0.3 is 30.5 Å². The average Bonchev–Trinajstić information content (AvgIpc) is 1.56. The summed E-state index contributed by atoms with van der Waals surface area (Å²) in [6.45, 7) is 63.4. The molecule has 0 saturated carbocycles. The van der Waals surface area contributed by atoms with Crippen LogP contribution >= 0.6 is 0 Å². The number of rotatable bonds is 21. The standard InChI is InChI=1S/C24H41NO6.2C23H39NO6.C14H23NO4.C13H21NO4.8CH4/c1-9-12(3)19-14(5)13(4)18(30-19)11-28-20-15(6)16(7)21(29-17(20)10-2)22-23(26)25(8)24(27)31-22;1-9-17-13(4)12(3)16(7)22(29-17)27-10-18-14(5)11(2)15(6)19(28-18)20-21(25)24(8)23(26)30-20;1-9-16-12(4)11(3)15(7)22(28-16)29-18-13(5)14(6)19(27-17(18)10-2)20-21(25)24(8)23(26)30-20;1-6-7(2)10-8(3)9(4)11(18-10)12-13(16)15(5)14(17)19-12;1-6-7(2)9(4)17-10(8(6)3)11-12(15)14(5)13(16)18-11;;;;;;;;/h12-22H,9-11H2,1-8H3;2*11-20,22H,9-10H2,1-8H3;7-12H,6H2,1-5H3;6-11H,1-5H3;8*1H4. The van der Waals surface area contributed by atoms with E-state index in [4.69, 9.17) is 75.8 Å². The van der Waals surface area contributed by atoms with Crippen LogP contribution < -0.4 is 0 Å². The Balaban J connectivity index is 0.000000850. The molecule has 0 spiro atoms. The number of carbonyl (C=O) groups excluding carboxylic acids is 10. The lowest BCUT2D eigenvalue weighted by Crippen LogP contribution is -2.57. The Morgan fingerprint density at radius 3 is 0.846 bits per heavy atom. The second kappa shape index (κ2) is 54.1. The number of carbonyl (C=O) groups is 10. The maximum Gasteiger partial charge on any atom is 0.417 e. The van der Waals surface area contributed by atoms with E-state index < -0.39 is 79.3 Å². The van der Waals surface area contributed by atoms with Gasteiger partial charge in [0, 0.05) is 47.1 Å². The van der Waals surface area contributed by atoms with Crippen molar-refractivity contribution in [1.82, 2.24) is 24.5 Å². The summed E-state index contributed by atoms with van der Waals surface area (Å²) in [4.78, 5) is 125. The minimum Gasteiger partial charge on any atom is -0.433 e. The molecule has 13 saturated heterocycles. The predicted octanol–water partition coefficient (Wildman–Crippen LogP) is 20.2. The maximum absolute atomic E-state index is 12.5. The minimum absolute atomic E-state index is 0. The molecule has 13 rings (SSSR count). The van der Waals surface area contributed by atoms with Gasteiger partial charge in [0.1, 0.15) is 30.5 Å². The molecule has 796 valence electrons. The number of ether oxygens (including phenoxy) is 16. The van der Waals surface area contributed by atoms with E-state index in [-0.39, 0.29) is 234 Å². The van der Waals surface area contributed by atoms with Crippen molar-refractivity contribution < 1.29 is 124 Å². The highest BCUT2D eigenvalue weighted by Gasteiger charge is 2.59. The van der Waals surface area contributed by atoms with E-state index >= 15 is 0 Å². The van der Waals surface area contributed by atoms with Crippen molar-refractivity contribution in [2.75, 3.05) is 48.5 Å². The van der Waals surface area contributed by atoms with Crippen molar-refractivity contribution >= 4 is 60.0 Å². The van der Waals surface area contributed by atoms with Crippen LogP contribution in [0.3, 0.4) is 0 Å². The minimum atomic E-state index is -0.884. The predicted molar refractivity (Wildman–Crippen MR) is 528 cm³/mol. The van der Waals surface area contributed by atoms with Crippen LogP contribution in [0, 0.1) is 130 Å². The van der Waals surface area contributed by atoms with Gasteiger partial charge in [0.15, 0.2) is 12.6 Å². The lowest BCUT2D eigenvalue weighted by molar-refractivity contribution is -0.303. The van der Waals surface area contributed by atoms with Crippen LogP contribution in [0.15, 0.2) is 0 Å². The molecule has 10 amide bonds. The number of hydrogen-bond acceptors (Lipinski definition) is 26. The fraction of sp³-hybridized carbons (Fsp3) is 0.905. The summed E-state index contributed by atoms with van der Waals surface area (Å²) in [7, 11) is 7.21. The SMILES string of the molecule is C.C.C.C.C.C.C.C.CC1OC(C2OC(=O)N(C)C2=O)C(C)C(C)C1C.CCC(C)C1OC(C2OC(=O)N(C)C2=O)C(C)C1C.CCC(C)C1OC(COC2C(CC)OC(C3OC(=O)N(C)C3=O)C(C)C2C)C(C)C1C.CCC1OC(OC2C(CC)OC(C3OC(=O)N(C)C3=O)C(C)C2C)C(C)C(C)C1C.CCC1OC(OCC2OC(C3OC(=O)N(C)C3=O)C(C)C(C)C2C)C(C)C(C)C1C. The van der Waals surface area contributed by atoms with Gasteiger partial charge in [-0.2, -0.15) is 0 Å². The summed E-state index contributed by atoms with van der Waals surface area (Å²) in [6, 6.07) is 0. The van der Waals surface area contributed by atoms with Gasteiger partial charge in [0.05, 0.1) is 80.4 Å². The summed E-state index contributed by atoms with van der Waals surface area (Å²) in [5, 5.41) is 0. The van der Waals surface area contributed by atoms with Gasteiger partial charge in [-0.25, -0.2) is 48.5 Å². The lowest BCUT2D eigenvalue weighted by atomic mass is 9.75. The average molecular weight is 1940 g/mol. The summed E-state index contributed by atoms with van der Waals surface area (Å²) in [6.07, 6.45) is -4.05. The highest BCUT2D eigenvalue weighted by atomic mass is 16.7. The molecular formula is C105H195N5O26. The van der Waals surface area contributed by atoms with Crippen LogP contribution in [0.5, 0.6) is 0 Å². The third-order valence-electron chi connectivity index (χ3n) is 34.0. The maximum atomic E-state index is 12.5. The molecule has 0 bridgehead atoms. The molecule has 31 nitrogen and oxygen atoms in total. The molecule has 31 heteroatoms. The van der Waals surface area contributed by atoms with Crippen LogP contribution in [-0.4, -0.2) is 274 Å². The molecule has 0 radical (unpaired) electrons. The van der Waals surface area contributed by atoms with Crippen LogP contribution in [0.25, 0.3) is 0 Å². The smallest absolute Gasteiger partial charge is 0.417 e. The fourth-order valence-electron chi connectivity index (χ4n) is 21.5. The van der Waals surface area contributed by atoms with Gasteiger partial charge in [0.25, 0.3) is 29.5 Å². The molecule has 136 heavy (non-hydrogen) atoms. The Kier molecular flexibility index (Phi) is 51.0. The number of nitrogens with zero attached hydrogens (tertiary/aromatic N) is 5. The van der Waals surface area contributed by atoms with E-state index in [1.165, 1.54) is 35.2 Å². The monoisotopic (exact) mass is 1940 g/mol. The molecule has 13 heterocycles. The molecule has 45 unspecified atom stereocenters. The summed E-state index contributed by atoms with van der Waals surface area (Å²) in [5.74, 6) is 5.41. The molecule has 13 aliphatic heterocycles. The molecule has 13 aliphatic rings. The van der Waals surface area contributed by atoms with Crippen LogP contribution in [0.2, 0.25) is 0 Å². The Bertz CT molecular complexity index is 3720. The molecule has 45 atom stereocenters. The second-order valence-electron chi connectivity index (χ2n) is 40.8. The third-order valence-corrected chi connectivity index (χ3v) is 34.0. The van der Waals surface area contributed by atoms with Gasteiger partial charge < -0.3 is 75.8 Å². The van der Waals surface area contributed by atoms with Gasteiger partial charge in [0.2, 0.25) is 30.5 Å². The third kappa shape index (κ3) is 26.4. The zero-order chi connectivity index (χ0) is 95.6. The van der Waals surface area contributed by atoms with E-state index in [1.54, 1.807) is 0 Å². The van der Waals surface area contributed by atoms with Crippen molar-refractivity contribution in [3.63, 3.8) is 0 Å². The normalized spacial score (nSPS) is 42.8. The van der Waals surface area contributed by atoms with E-state index in [9.17, 15) is 47.9 Å². The summed E-state index contributed by atoms with van der Waals surface area (Å²) < 4.78 is 95.7. The number of likely N-dealkylation sites (N-methyl/N-ethyl adjacent to an activating group) is 5. The fourth-order valence-corrected chi connectivity index (χ4v) is 21.5. The first-order valence-electron chi connectivity index (χ1n) is 48.6. The molecule has 13 fully saturated rings. The molecule has 0 aromatic carbocycles. The second-order valence-corrected chi connectivity index (χ2v) is 40.8. The number of cyclic esters (lactones) is 5. The van der Waals surface area contributed by atoms with Crippen LogP contribution in [-0.2, 0) is 99.8 Å². The molecule has 0 aliphatic carbocycles. The van der Waals surface area contributed by atoms with Crippen LogP contribution in [0.4, 0.5) is 24.0 Å². The Labute approximate surface area is 822 Å². The Morgan fingerprint density at radius 1 is 0.250 bits per heavy atom. The summed E-state index contributed by atoms with van der Waals surface area (Å²) >= 11 is 0. The highest BCUT2D eigenvalue weighted by Crippen LogP contribution is 2.48. The van der Waals surface area contributed by atoms with E-state index in [2.05, 4.69) is 180 Å². The van der Waals surface area contributed by atoms with Crippen molar-refractivity contribution in [2.45, 2.75) is 439 Å². The summed E-state index contributed by atoms with van der Waals surface area (Å²) in [5.41, 5.74) is 0. The molecule has 0 aromatic rings. The molecule has 0 N–H and O–H groups in total. The quantitative estimate of drug-likeness (QED) is 0.0963. The van der Waals surface area contributed by atoms with Gasteiger partial charge in [-0.3, -0.25) is 24.0 Å². The lowest BCUT2D eigenvalue weighted by Gasteiger charge is -2.49. The topological polar surface area (TPSA) is 335 Å². The van der Waals surface area contributed by atoms with E-state index in [0.29, 0.717) is 90.1 Å². The first kappa shape index (κ1) is 128. The first-order valence-corrected chi connectivity index (χ1v) is 48.6. The van der Waals surface area contributed by atoms with Gasteiger partial charge in [-0.1, -0.05) is 266 Å². The van der Waals surface area contributed by atoms with E-state index in [0.717, 1.165) is 63.0 Å². The van der Waals surface area contributed by atoms with E-state index in [1.807, 2.05) is 20.8 Å². The van der Waals surface area contributed by atoms with Crippen LogP contribution in [0.1, 0.15) is 299 Å². The Morgan fingerprint density at radius 2 is 0.500 bits per heavy atom. The zero-order valence-electron chi connectivity index (χ0n) is 83.5. The largest absolute Gasteiger partial charge is 0.433 e. The van der Waals surface area contributed by atoms with Gasteiger partial charge in [-0.15, -0.1) is 0 Å². The van der Waals surface area contributed by atoms with Crippen molar-refractivity contribution in [1.29, 1.82) is 0 Å². The Hall–Kier alpha value is -5.74. The zero-order valence-corrected chi connectivity index (χ0v) is 83.5. The highest BCUT2D eigenvalue weighted by molar-refractivity contribution is 6.02. The molecular weight excluding hydrogens is 1750 g/mol. The van der Waals surface area contributed by atoms with Crippen molar-refractivity contribution in [3.05, 3.63) is 0 Å². The molecule has 0 aromatic heterocycles. The van der Waals surface area contributed by atoms with Crippen molar-refractivity contribution in [3.8, 4) is 0 Å². The number of hydrogen-bond donors (Lipinski definition) is 0. The number of imide groups is 5. The number of amides is 10. The first-order chi connectivity index (χ1) is 60.0. The van der Waals surface area contributed by atoms with Gasteiger partial charge in [-0.05, 0) is 151 Å². The van der Waals surface area contributed by atoms with Crippen molar-refractivity contribution in [2.24, 2.45) is 130 Å².